The number of hydrogen-bond donors (Lipinski definition) is 0. The number of rotatable bonds is 1. The molecule has 0 bridgehead atoms. The van der Waals surface area contributed by atoms with Crippen LogP contribution in [0.4, 0.5) is 0 Å². The lowest BCUT2D eigenvalue weighted by Gasteiger charge is -1.95. The van der Waals surface area contributed by atoms with Crippen molar-refractivity contribution in [2.24, 2.45) is 7.05 Å². The average Bonchev–Trinajstić information content (AvgIpc) is 2.48. The summed E-state index contributed by atoms with van der Waals surface area (Å²) in [5.74, 6) is 0. The van der Waals surface area contributed by atoms with E-state index in [9.17, 15) is 0 Å². The standard InChI is InChI=1S/C8H10N4/c1-3-6-8-7(4-5-9-6)12(2)11-10-8/h4-5H,3H2,1-2H3. The molecule has 0 radical (unpaired) electrons. The number of aromatic nitrogens is 4. The van der Waals surface area contributed by atoms with Crippen molar-refractivity contribution in [3.05, 3.63) is 18.0 Å². The Hall–Kier alpha value is -1.45. The molecule has 0 aromatic carbocycles. The molecule has 0 spiro atoms. The Morgan fingerprint density at radius 1 is 1.50 bits per heavy atom. The van der Waals surface area contributed by atoms with E-state index in [4.69, 9.17) is 0 Å². The van der Waals surface area contributed by atoms with Crippen molar-refractivity contribution >= 4 is 11.0 Å². The van der Waals surface area contributed by atoms with E-state index in [-0.39, 0.29) is 0 Å². The van der Waals surface area contributed by atoms with E-state index in [1.807, 2.05) is 13.1 Å². The minimum absolute atomic E-state index is 0.899. The van der Waals surface area contributed by atoms with Gasteiger partial charge < -0.3 is 0 Å². The van der Waals surface area contributed by atoms with Crippen LogP contribution in [0.2, 0.25) is 0 Å². The maximum absolute atomic E-state index is 4.22. The van der Waals surface area contributed by atoms with Gasteiger partial charge in [-0.2, -0.15) is 0 Å². The van der Waals surface area contributed by atoms with E-state index in [1.54, 1.807) is 10.9 Å². The first-order valence-electron chi connectivity index (χ1n) is 3.96. The van der Waals surface area contributed by atoms with Crippen molar-refractivity contribution in [1.29, 1.82) is 0 Å². The van der Waals surface area contributed by atoms with Crippen LogP contribution in [0.1, 0.15) is 12.6 Å². The summed E-state index contributed by atoms with van der Waals surface area (Å²) in [6, 6.07) is 1.93. The average molecular weight is 162 g/mol. The van der Waals surface area contributed by atoms with Crippen molar-refractivity contribution < 1.29 is 0 Å². The van der Waals surface area contributed by atoms with Gasteiger partial charge in [0.25, 0.3) is 0 Å². The van der Waals surface area contributed by atoms with E-state index < -0.39 is 0 Å². The van der Waals surface area contributed by atoms with Gasteiger partial charge in [-0.3, -0.25) is 4.98 Å². The second kappa shape index (κ2) is 2.55. The Kier molecular flexibility index (Phi) is 1.53. The molecule has 2 aromatic rings. The summed E-state index contributed by atoms with van der Waals surface area (Å²) in [6.45, 7) is 2.07. The molecular weight excluding hydrogens is 152 g/mol. The number of hydrogen-bond acceptors (Lipinski definition) is 3. The number of aryl methyl sites for hydroxylation is 2. The SMILES string of the molecule is CCc1nccc2c1nnn2C. The topological polar surface area (TPSA) is 43.6 Å². The zero-order valence-corrected chi connectivity index (χ0v) is 7.15. The van der Waals surface area contributed by atoms with Crippen molar-refractivity contribution in [2.45, 2.75) is 13.3 Å². The molecule has 0 saturated heterocycles. The minimum atomic E-state index is 0.899. The van der Waals surface area contributed by atoms with Gasteiger partial charge in [-0.25, -0.2) is 4.68 Å². The molecule has 0 amide bonds. The van der Waals surface area contributed by atoms with Crippen LogP contribution < -0.4 is 0 Å². The van der Waals surface area contributed by atoms with Gasteiger partial charge in [0.2, 0.25) is 0 Å². The molecule has 0 aliphatic carbocycles. The number of nitrogens with zero attached hydrogens (tertiary/aromatic N) is 4. The molecule has 2 heterocycles. The van der Waals surface area contributed by atoms with Crippen LogP contribution in [0.25, 0.3) is 11.0 Å². The Morgan fingerprint density at radius 3 is 3.08 bits per heavy atom. The molecule has 12 heavy (non-hydrogen) atoms. The minimum Gasteiger partial charge on any atom is -0.259 e. The van der Waals surface area contributed by atoms with Crippen molar-refractivity contribution in [1.82, 2.24) is 20.0 Å². The fourth-order valence-corrected chi connectivity index (χ4v) is 1.27. The van der Waals surface area contributed by atoms with Gasteiger partial charge in [0.15, 0.2) is 0 Å². The van der Waals surface area contributed by atoms with Gasteiger partial charge in [-0.1, -0.05) is 12.1 Å². The van der Waals surface area contributed by atoms with E-state index >= 15 is 0 Å². The van der Waals surface area contributed by atoms with Crippen LogP contribution >= 0.6 is 0 Å². The summed E-state index contributed by atoms with van der Waals surface area (Å²) in [5, 5.41) is 7.97. The fraction of sp³-hybridized carbons (Fsp3) is 0.375. The molecular formula is C8H10N4. The molecule has 2 aromatic heterocycles. The van der Waals surface area contributed by atoms with Crippen LogP contribution in [0, 0.1) is 0 Å². The van der Waals surface area contributed by atoms with E-state index in [0.717, 1.165) is 23.1 Å². The fourth-order valence-electron chi connectivity index (χ4n) is 1.27. The van der Waals surface area contributed by atoms with E-state index in [1.165, 1.54) is 0 Å². The molecule has 0 aliphatic heterocycles. The lowest BCUT2D eigenvalue weighted by atomic mass is 10.2. The highest BCUT2D eigenvalue weighted by molar-refractivity contribution is 5.76. The van der Waals surface area contributed by atoms with Gasteiger partial charge in [0.1, 0.15) is 5.52 Å². The third-order valence-corrected chi connectivity index (χ3v) is 1.94. The Labute approximate surface area is 70.2 Å². The largest absolute Gasteiger partial charge is 0.259 e. The zero-order valence-electron chi connectivity index (χ0n) is 7.15. The van der Waals surface area contributed by atoms with Crippen LogP contribution in [0.3, 0.4) is 0 Å². The van der Waals surface area contributed by atoms with Crippen LogP contribution in [0.5, 0.6) is 0 Å². The van der Waals surface area contributed by atoms with Crippen LogP contribution in [-0.2, 0) is 13.5 Å². The Balaban J connectivity index is 2.81. The second-order valence-corrected chi connectivity index (χ2v) is 2.69. The normalized spacial score (nSPS) is 10.8. The first kappa shape index (κ1) is 7.21. The van der Waals surface area contributed by atoms with Gasteiger partial charge in [0, 0.05) is 13.2 Å². The van der Waals surface area contributed by atoms with E-state index in [2.05, 4.69) is 22.2 Å². The molecule has 4 heteroatoms. The number of fused-ring (bicyclic) bond motifs is 1. The summed E-state index contributed by atoms with van der Waals surface area (Å²) < 4.78 is 1.76. The summed E-state index contributed by atoms with van der Waals surface area (Å²) >= 11 is 0. The highest BCUT2D eigenvalue weighted by Gasteiger charge is 2.04. The first-order chi connectivity index (χ1) is 5.83. The first-order valence-corrected chi connectivity index (χ1v) is 3.96. The second-order valence-electron chi connectivity index (χ2n) is 2.69. The van der Waals surface area contributed by atoms with Crippen LogP contribution in [-0.4, -0.2) is 20.0 Å². The lowest BCUT2D eigenvalue weighted by Crippen LogP contribution is -1.90. The highest BCUT2D eigenvalue weighted by atomic mass is 15.4. The predicted octanol–water partition coefficient (Wildman–Crippen LogP) is 0.926. The Bertz CT molecular complexity index is 404. The highest BCUT2D eigenvalue weighted by Crippen LogP contribution is 2.12. The van der Waals surface area contributed by atoms with Gasteiger partial charge in [-0.15, -0.1) is 5.10 Å². The van der Waals surface area contributed by atoms with Crippen molar-refractivity contribution in [3.8, 4) is 0 Å². The summed E-state index contributed by atoms with van der Waals surface area (Å²) in [5.41, 5.74) is 2.98. The van der Waals surface area contributed by atoms with E-state index in [0.29, 0.717) is 0 Å². The molecule has 62 valence electrons. The molecule has 4 nitrogen and oxygen atoms in total. The van der Waals surface area contributed by atoms with Crippen molar-refractivity contribution in [2.75, 3.05) is 0 Å². The molecule has 0 saturated carbocycles. The summed E-state index contributed by atoms with van der Waals surface area (Å²) in [6.07, 6.45) is 2.70. The predicted molar refractivity (Wildman–Crippen MR) is 45.7 cm³/mol. The molecule has 0 N–H and O–H groups in total. The monoisotopic (exact) mass is 162 g/mol. The van der Waals surface area contributed by atoms with Gasteiger partial charge in [0.05, 0.1) is 11.2 Å². The third kappa shape index (κ3) is 0.879. The van der Waals surface area contributed by atoms with Gasteiger partial charge in [-0.05, 0) is 12.5 Å². The molecule has 2 rings (SSSR count). The Morgan fingerprint density at radius 2 is 2.33 bits per heavy atom. The van der Waals surface area contributed by atoms with Crippen LogP contribution in [0.15, 0.2) is 12.3 Å². The lowest BCUT2D eigenvalue weighted by molar-refractivity contribution is 0.736. The summed E-state index contributed by atoms with van der Waals surface area (Å²) in [7, 11) is 1.88. The number of pyridine rings is 1. The third-order valence-electron chi connectivity index (χ3n) is 1.94. The quantitative estimate of drug-likeness (QED) is 0.626. The molecule has 0 atom stereocenters. The molecule has 0 aliphatic rings. The maximum atomic E-state index is 4.22. The van der Waals surface area contributed by atoms with Crippen molar-refractivity contribution in [3.63, 3.8) is 0 Å². The maximum Gasteiger partial charge on any atom is 0.134 e. The summed E-state index contributed by atoms with van der Waals surface area (Å²) in [4.78, 5) is 4.22. The molecule has 0 fully saturated rings. The molecule has 0 unspecified atom stereocenters. The van der Waals surface area contributed by atoms with Gasteiger partial charge >= 0.3 is 0 Å². The zero-order chi connectivity index (χ0) is 8.55. The smallest absolute Gasteiger partial charge is 0.134 e.